The minimum absolute atomic E-state index is 0.0464. The van der Waals surface area contributed by atoms with Gasteiger partial charge in [-0.25, -0.2) is 4.79 Å². The highest BCUT2D eigenvalue weighted by molar-refractivity contribution is 5.76. The predicted octanol–water partition coefficient (Wildman–Crippen LogP) is 2.09. The summed E-state index contributed by atoms with van der Waals surface area (Å²) in [7, 11) is 0. The Balaban J connectivity index is 2.21. The molecule has 0 saturated heterocycles. The summed E-state index contributed by atoms with van der Waals surface area (Å²) in [5.41, 5.74) is -0.401. The summed E-state index contributed by atoms with van der Waals surface area (Å²) in [6, 6.07) is -0.217. The molecule has 0 heterocycles. The van der Waals surface area contributed by atoms with E-state index < -0.39 is 11.5 Å². The number of ether oxygens (including phenoxy) is 1. The molecule has 122 valence electrons. The van der Waals surface area contributed by atoms with Gasteiger partial charge in [0.05, 0.1) is 6.42 Å². The SMILES string of the molecule is CC(C)(C)N(CCC(=O)O)C(=O)NCCCOCC1CC1. The van der Waals surface area contributed by atoms with Crippen molar-refractivity contribution in [2.75, 3.05) is 26.3 Å². The van der Waals surface area contributed by atoms with Crippen LogP contribution < -0.4 is 5.32 Å². The van der Waals surface area contributed by atoms with Crippen LogP contribution in [0.15, 0.2) is 0 Å². The number of carboxylic acid groups (broad SMARTS) is 1. The van der Waals surface area contributed by atoms with Crippen LogP contribution in [0.5, 0.6) is 0 Å². The molecule has 0 aromatic heterocycles. The van der Waals surface area contributed by atoms with Crippen molar-refractivity contribution < 1.29 is 19.4 Å². The van der Waals surface area contributed by atoms with Crippen LogP contribution in [0, 0.1) is 5.92 Å². The number of nitrogens with one attached hydrogen (secondary N) is 1. The van der Waals surface area contributed by atoms with E-state index in [-0.39, 0.29) is 19.0 Å². The average molecular weight is 300 g/mol. The van der Waals surface area contributed by atoms with Gasteiger partial charge >= 0.3 is 12.0 Å². The van der Waals surface area contributed by atoms with Crippen LogP contribution in [0.2, 0.25) is 0 Å². The number of nitrogens with zero attached hydrogens (tertiary/aromatic N) is 1. The average Bonchev–Trinajstić information content (AvgIpc) is 3.15. The second-order valence-electron chi connectivity index (χ2n) is 6.57. The second-order valence-corrected chi connectivity index (χ2v) is 6.57. The van der Waals surface area contributed by atoms with Gasteiger partial charge in [0.1, 0.15) is 0 Å². The lowest BCUT2D eigenvalue weighted by atomic mass is 10.1. The summed E-state index contributed by atoms with van der Waals surface area (Å²) >= 11 is 0. The Hall–Kier alpha value is -1.30. The van der Waals surface area contributed by atoms with Crippen molar-refractivity contribution in [2.45, 2.75) is 52.0 Å². The van der Waals surface area contributed by atoms with Gasteiger partial charge in [-0.1, -0.05) is 0 Å². The fraction of sp³-hybridized carbons (Fsp3) is 0.867. The van der Waals surface area contributed by atoms with Crippen LogP contribution in [-0.2, 0) is 9.53 Å². The van der Waals surface area contributed by atoms with E-state index >= 15 is 0 Å². The summed E-state index contributed by atoms with van der Waals surface area (Å²) < 4.78 is 5.50. The van der Waals surface area contributed by atoms with E-state index in [1.807, 2.05) is 20.8 Å². The number of hydrogen-bond acceptors (Lipinski definition) is 3. The molecule has 1 aliphatic carbocycles. The van der Waals surface area contributed by atoms with Crippen LogP contribution in [0.25, 0.3) is 0 Å². The zero-order chi connectivity index (χ0) is 15.9. The third-order valence-electron chi connectivity index (χ3n) is 3.40. The zero-order valence-corrected chi connectivity index (χ0v) is 13.4. The second kappa shape index (κ2) is 8.22. The summed E-state index contributed by atoms with van der Waals surface area (Å²) in [6.45, 7) is 7.93. The molecule has 0 aromatic rings. The van der Waals surface area contributed by atoms with Crippen molar-refractivity contribution in [1.82, 2.24) is 10.2 Å². The number of hydrogen-bond donors (Lipinski definition) is 2. The summed E-state index contributed by atoms with van der Waals surface area (Å²) in [5, 5.41) is 11.6. The number of amides is 2. The molecule has 0 unspecified atom stereocenters. The van der Waals surface area contributed by atoms with Crippen molar-refractivity contribution in [2.24, 2.45) is 5.92 Å². The molecule has 0 atom stereocenters. The van der Waals surface area contributed by atoms with Crippen LogP contribution in [-0.4, -0.2) is 53.8 Å². The number of aliphatic carboxylic acids is 1. The van der Waals surface area contributed by atoms with Gasteiger partial charge in [-0.15, -0.1) is 0 Å². The molecule has 1 fully saturated rings. The van der Waals surface area contributed by atoms with Crippen molar-refractivity contribution in [3.05, 3.63) is 0 Å². The van der Waals surface area contributed by atoms with Gasteiger partial charge in [-0.05, 0) is 46.0 Å². The van der Waals surface area contributed by atoms with Gasteiger partial charge in [0, 0.05) is 31.8 Å². The van der Waals surface area contributed by atoms with Crippen molar-refractivity contribution in [3.8, 4) is 0 Å². The van der Waals surface area contributed by atoms with Crippen molar-refractivity contribution >= 4 is 12.0 Å². The van der Waals surface area contributed by atoms with E-state index in [9.17, 15) is 9.59 Å². The summed E-state index contributed by atoms with van der Waals surface area (Å²) in [6.07, 6.45) is 3.28. The first-order valence-electron chi connectivity index (χ1n) is 7.65. The highest BCUT2D eigenvalue weighted by Gasteiger charge is 2.26. The van der Waals surface area contributed by atoms with Gasteiger partial charge in [-0.2, -0.15) is 0 Å². The van der Waals surface area contributed by atoms with Gasteiger partial charge in [0.2, 0.25) is 0 Å². The molecular weight excluding hydrogens is 272 g/mol. The number of urea groups is 1. The lowest BCUT2D eigenvalue weighted by Crippen LogP contribution is -2.51. The first kappa shape index (κ1) is 17.8. The molecular formula is C15H28N2O4. The molecule has 21 heavy (non-hydrogen) atoms. The first-order chi connectivity index (χ1) is 9.80. The Morgan fingerprint density at radius 1 is 1.33 bits per heavy atom. The van der Waals surface area contributed by atoms with E-state index in [4.69, 9.17) is 9.84 Å². The largest absolute Gasteiger partial charge is 0.481 e. The highest BCUT2D eigenvalue weighted by Crippen LogP contribution is 2.28. The molecule has 0 aromatic carbocycles. The van der Waals surface area contributed by atoms with Crippen molar-refractivity contribution in [1.29, 1.82) is 0 Å². The fourth-order valence-corrected chi connectivity index (χ4v) is 1.95. The molecule has 1 rings (SSSR count). The minimum Gasteiger partial charge on any atom is -0.481 e. The molecule has 0 spiro atoms. The Morgan fingerprint density at radius 2 is 2.00 bits per heavy atom. The van der Waals surface area contributed by atoms with E-state index in [0.717, 1.165) is 18.9 Å². The maximum atomic E-state index is 12.1. The highest BCUT2D eigenvalue weighted by atomic mass is 16.5. The normalized spacial score (nSPS) is 14.8. The molecule has 2 N–H and O–H groups in total. The molecule has 1 saturated carbocycles. The Morgan fingerprint density at radius 3 is 2.52 bits per heavy atom. The predicted molar refractivity (Wildman–Crippen MR) is 80.3 cm³/mol. The number of carbonyl (C=O) groups is 2. The van der Waals surface area contributed by atoms with Gasteiger partial charge in [0.25, 0.3) is 0 Å². The lowest BCUT2D eigenvalue weighted by molar-refractivity contribution is -0.137. The third kappa shape index (κ3) is 7.90. The molecule has 6 heteroatoms. The topological polar surface area (TPSA) is 78.9 Å². The van der Waals surface area contributed by atoms with Crippen LogP contribution >= 0.6 is 0 Å². The third-order valence-corrected chi connectivity index (χ3v) is 3.40. The summed E-state index contributed by atoms with van der Waals surface area (Å²) in [4.78, 5) is 24.4. The van der Waals surface area contributed by atoms with E-state index in [0.29, 0.717) is 13.2 Å². The van der Waals surface area contributed by atoms with Gasteiger partial charge < -0.3 is 20.1 Å². The monoisotopic (exact) mass is 300 g/mol. The molecule has 6 nitrogen and oxygen atoms in total. The molecule has 2 amide bonds. The summed E-state index contributed by atoms with van der Waals surface area (Å²) in [5.74, 6) is -0.141. The minimum atomic E-state index is -0.898. The van der Waals surface area contributed by atoms with E-state index in [1.165, 1.54) is 12.8 Å². The Bertz CT molecular complexity index is 348. The maximum Gasteiger partial charge on any atom is 0.317 e. The number of carbonyl (C=O) groups excluding carboxylic acids is 1. The maximum absolute atomic E-state index is 12.1. The molecule has 0 bridgehead atoms. The molecule has 0 radical (unpaired) electrons. The van der Waals surface area contributed by atoms with Crippen LogP contribution in [0.3, 0.4) is 0 Å². The Kier molecular flexibility index (Phi) is 6.95. The van der Waals surface area contributed by atoms with Gasteiger partial charge in [0.15, 0.2) is 0 Å². The number of rotatable bonds is 9. The standard InChI is InChI=1S/C15H28N2O4/c1-15(2,3)17(9-7-13(18)19)14(20)16-8-4-10-21-11-12-5-6-12/h12H,4-11H2,1-3H3,(H,16,20)(H,18,19). The van der Waals surface area contributed by atoms with Gasteiger partial charge in [-0.3, -0.25) is 4.79 Å². The fourth-order valence-electron chi connectivity index (χ4n) is 1.95. The number of carboxylic acids is 1. The van der Waals surface area contributed by atoms with Crippen molar-refractivity contribution in [3.63, 3.8) is 0 Å². The van der Waals surface area contributed by atoms with E-state index in [2.05, 4.69) is 5.32 Å². The van der Waals surface area contributed by atoms with Crippen LogP contribution in [0.1, 0.15) is 46.5 Å². The van der Waals surface area contributed by atoms with Crippen LogP contribution in [0.4, 0.5) is 4.79 Å². The van der Waals surface area contributed by atoms with E-state index in [1.54, 1.807) is 4.90 Å². The quantitative estimate of drug-likeness (QED) is 0.639. The zero-order valence-electron chi connectivity index (χ0n) is 13.4. The smallest absolute Gasteiger partial charge is 0.317 e. The Labute approximate surface area is 126 Å². The molecule has 1 aliphatic rings. The lowest BCUT2D eigenvalue weighted by Gasteiger charge is -2.35. The first-order valence-corrected chi connectivity index (χ1v) is 7.65. The molecule has 0 aliphatic heterocycles.